The molecule has 0 saturated carbocycles. The van der Waals surface area contributed by atoms with E-state index < -0.39 is 0 Å². The molecule has 0 unspecified atom stereocenters. The van der Waals surface area contributed by atoms with Gasteiger partial charge in [0.15, 0.2) is 0 Å². The Labute approximate surface area is 164 Å². The van der Waals surface area contributed by atoms with Crippen LogP contribution in [0, 0.1) is 0 Å². The maximum absolute atomic E-state index is 12.8. The zero-order chi connectivity index (χ0) is 17.9. The van der Waals surface area contributed by atoms with Gasteiger partial charge in [-0.2, -0.15) is 5.10 Å². The van der Waals surface area contributed by atoms with Crippen LogP contribution in [0.1, 0.15) is 23.8 Å². The van der Waals surface area contributed by atoms with Gasteiger partial charge in [-0.05, 0) is 29.8 Å². The van der Waals surface area contributed by atoms with E-state index in [2.05, 4.69) is 10.1 Å². The lowest BCUT2D eigenvalue weighted by atomic mass is 10.0. The van der Waals surface area contributed by atoms with Gasteiger partial charge in [-0.3, -0.25) is 9.79 Å². The predicted molar refractivity (Wildman–Crippen MR) is 108 cm³/mol. The van der Waals surface area contributed by atoms with Crippen LogP contribution in [-0.2, 0) is 4.79 Å². The molecule has 1 aromatic heterocycles. The molecule has 3 heterocycles. The van der Waals surface area contributed by atoms with Crippen LogP contribution in [0.5, 0.6) is 0 Å². The second kappa shape index (κ2) is 7.90. The molecule has 26 heavy (non-hydrogen) atoms. The molecule has 134 valence electrons. The number of benzene rings is 1. The zero-order valence-electron chi connectivity index (χ0n) is 13.8. The summed E-state index contributed by atoms with van der Waals surface area (Å²) in [5.74, 6) is 2.01. The van der Waals surface area contributed by atoms with E-state index in [4.69, 9.17) is 16.0 Å². The fourth-order valence-corrected chi connectivity index (χ4v) is 4.84. The zero-order valence-corrected chi connectivity index (χ0v) is 16.2. The maximum atomic E-state index is 12.8. The Morgan fingerprint density at radius 2 is 2.19 bits per heavy atom. The van der Waals surface area contributed by atoms with Gasteiger partial charge in [0.25, 0.3) is 5.91 Å². The Morgan fingerprint density at radius 3 is 2.88 bits per heavy atom. The molecule has 8 heteroatoms. The van der Waals surface area contributed by atoms with Gasteiger partial charge in [0, 0.05) is 17.2 Å². The molecule has 1 atom stereocenters. The summed E-state index contributed by atoms with van der Waals surface area (Å²) in [6, 6.07) is 11.0. The van der Waals surface area contributed by atoms with Gasteiger partial charge in [-0.15, -0.1) is 0 Å². The van der Waals surface area contributed by atoms with Crippen LogP contribution in [0.4, 0.5) is 0 Å². The van der Waals surface area contributed by atoms with Gasteiger partial charge in [0.05, 0.1) is 24.3 Å². The SMILES string of the molecule is O=C(CSC1=NCCS1)N1N=C(c2ccc(Cl)cc2)C[C@@H]1c1ccco1. The lowest BCUT2D eigenvalue weighted by molar-refractivity contribution is -0.130. The summed E-state index contributed by atoms with van der Waals surface area (Å²) in [7, 11) is 0. The smallest absolute Gasteiger partial charge is 0.253 e. The largest absolute Gasteiger partial charge is 0.467 e. The first kappa shape index (κ1) is 17.7. The minimum Gasteiger partial charge on any atom is -0.467 e. The monoisotopic (exact) mass is 405 g/mol. The van der Waals surface area contributed by atoms with Crippen LogP contribution in [0.15, 0.2) is 57.2 Å². The third-order valence-electron chi connectivity index (χ3n) is 4.09. The van der Waals surface area contributed by atoms with Gasteiger partial charge < -0.3 is 4.42 Å². The normalized spacial score (nSPS) is 19.6. The fraction of sp³-hybridized carbons (Fsp3) is 0.278. The molecule has 2 aromatic rings. The standard InChI is InChI=1S/C18H16ClN3O2S2/c19-13-5-3-12(4-6-13)14-10-15(16-2-1-8-24-16)22(21-14)17(23)11-26-18-20-7-9-25-18/h1-6,8,15H,7,9-11H2/t15-/m1/s1. The third kappa shape index (κ3) is 3.84. The van der Waals surface area contributed by atoms with Crippen molar-refractivity contribution in [3.05, 3.63) is 59.0 Å². The minimum atomic E-state index is -0.220. The first-order valence-corrected chi connectivity index (χ1v) is 10.5. The summed E-state index contributed by atoms with van der Waals surface area (Å²) in [5, 5.41) is 6.83. The number of thioether (sulfide) groups is 2. The van der Waals surface area contributed by atoms with Crippen molar-refractivity contribution in [3.63, 3.8) is 0 Å². The number of carbonyl (C=O) groups excluding carboxylic acids is 1. The minimum absolute atomic E-state index is 0.0458. The first-order chi connectivity index (χ1) is 12.7. The van der Waals surface area contributed by atoms with Crippen LogP contribution < -0.4 is 0 Å². The third-order valence-corrected chi connectivity index (χ3v) is 6.58. The number of furan rings is 1. The van der Waals surface area contributed by atoms with Gasteiger partial charge in [-0.25, -0.2) is 5.01 Å². The first-order valence-electron chi connectivity index (χ1n) is 8.19. The van der Waals surface area contributed by atoms with Crippen LogP contribution in [-0.4, -0.2) is 39.1 Å². The Kier molecular flexibility index (Phi) is 5.38. The molecule has 0 aliphatic carbocycles. The fourth-order valence-electron chi connectivity index (χ4n) is 2.85. The highest BCUT2D eigenvalue weighted by Crippen LogP contribution is 2.34. The van der Waals surface area contributed by atoms with Crippen LogP contribution >= 0.6 is 35.1 Å². The molecule has 2 aliphatic rings. The van der Waals surface area contributed by atoms with E-state index in [0.29, 0.717) is 17.2 Å². The van der Waals surface area contributed by atoms with Crippen molar-refractivity contribution >= 4 is 51.1 Å². The Morgan fingerprint density at radius 1 is 1.35 bits per heavy atom. The molecule has 0 radical (unpaired) electrons. The summed E-state index contributed by atoms with van der Waals surface area (Å²) in [6.07, 6.45) is 2.23. The number of nitrogens with zero attached hydrogens (tertiary/aromatic N) is 3. The highest BCUT2D eigenvalue weighted by molar-refractivity contribution is 8.39. The molecule has 2 aliphatic heterocycles. The van der Waals surface area contributed by atoms with Gasteiger partial charge in [0.2, 0.25) is 0 Å². The van der Waals surface area contributed by atoms with Crippen LogP contribution in [0.3, 0.4) is 0 Å². The molecule has 0 saturated heterocycles. The average Bonchev–Trinajstić information content (AvgIpc) is 3.41. The number of hydrogen-bond acceptors (Lipinski definition) is 6. The van der Waals surface area contributed by atoms with Crippen molar-refractivity contribution < 1.29 is 9.21 Å². The number of hydrogen-bond donors (Lipinski definition) is 0. The molecule has 1 amide bonds. The summed E-state index contributed by atoms with van der Waals surface area (Å²) < 4.78 is 6.54. The van der Waals surface area contributed by atoms with Gasteiger partial charge >= 0.3 is 0 Å². The van der Waals surface area contributed by atoms with Crippen molar-refractivity contribution in [2.24, 2.45) is 10.1 Å². The summed E-state index contributed by atoms with van der Waals surface area (Å²) in [4.78, 5) is 17.2. The highest BCUT2D eigenvalue weighted by atomic mass is 35.5. The lowest BCUT2D eigenvalue weighted by Crippen LogP contribution is -2.28. The Balaban J connectivity index is 1.55. The molecule has 0 bridgehead atoms. The summed E-state index contributed by atoms with van der Waals surface area (Å²) >= 11 is 9.16. The quantitative estimate of drug-likeness (QED) is 0.754. The second-order valence-electron chi connectivity index (χ2n) is 5.81. The number of amides is 1. The number of rotatable bonds is 4. The molecule has 1 aromatic carbocycles. The van der Waals surface area contributed by atoms with Gasteiger partial charge in [0.1, 0.15) is 16.2 Å². The molecular weight excluding hydrogens is 390 g/mol. The van der Waals surface area contributed by atoms with Gasteiger partial charge in [-0.1, -0.05) is 47.3 Å². The lowest BCUT2D eigenvalue weighted by Gasteiger charge is -2.19. The number of hydrazone groups is 1. The number of carbonyl (C=O) groups is 1. The molecule has 0 spiro atoms. The average molecular weight is 406 g/mol. The maximum Gasteiger partial charge on any atom is 0.253 e. The molecule has 5 nitrogen and oxygen atoms in total. The van der Waals surface area contributed by atoms with Crippen molar-refractivity contribution in [1.82, 2.24) is 5.01 Å². The van der Waals surface area contributed by atoms with Crippen LogP contribution in [0.25, 0.3) is 0 Å². The van der Waals surface area contributed by atoms with Crippen molar-refractivity contribution in [2.75, 3.05) is 18.1 Å². The molecule has 0 fully saturated rings. The predicted octanol–water partition coefficient (Wildman–Crippen LogP) is 4.45. The van der Waals surface area contributed by atoms with E-state index in [0.717, 1.165) is 33.7 Å². The van der Waals surface area contributed by atoms with E-state index in [1.807, 2.05) is 36.4 Å². The second-order valence-corrected chi connectivity index (χ2v) is 8.55. The van der Waals surface area contributed by atoms with E-state index in [9.17, 15) is 4.79 Å². The van der Waals surface area contributed by atoms with Crippen molar-refractivity contribution in [2.45, 2.75) is 12.5 Å². The number of aliphatic imine (C=N–C) groups is 1. The Hall–Kier alpha value is -1.70. The molecular formula is C18H16ClN3O2S2. The van der Waals surface area contributed by atoms with Crippen molar-refractivity contribution in [3.8, 4) is 0 Å². The topological polar surface area (TPSA) is 58.2 Å². The Bertz CT molecular complexity index is 850. The summed E-state index contributed by atoms with van der Waals surface area (Å²) in [6.45, 7) is 0.832. The highest BCUT2D eigenvalue weighted by Gasteiger charge is 2.34. The van der Waals surface area contributed by atoms with Crippen molar-refractivity contribution in [1.29, 1.82) is 0 Å². The van der Waals surface area contributed by atoms with E-state index in [1.165, 1.54) is 11.8 Å². The van der Waals surface area contributed by atoms with E-state index in [-0.39, 0.29) is 11.9 Å². The van der Waals surface area contributed by atoms with E-state index >= 15 is 0 Å². The summed E-state index contributed by atoms with van der Waals surface area (Å²) in [5.41, 5.74) is 1.82. The molecule has 4 rings (SSSR count). The molecule has 0 N–H and O–H groups in total. The van der Waals surface area contributed by atoms with Crippen LogP contribution in [0.2, 0.25) is 5.02 Å². The van der Waals surface area contributed by atoms with E-state index in [1.54, 1.807) is 23.0 Å². The number of halogens is 1.